The summed E-state index contributed by atoms with van der Waals surface area (Å²) < 4.78 is 1.73. The quantitative estimate of drug-likeness (QED) is 0.544. The average Bonchev–Trinajstić information content (AvgIpc) is 3.14. The van der Waals surface area contributed by atoms with Crippen LogP contribution in [0, 0.1) is 0 Å². The van der Waals surface area contributed by atoms with Crippen LogP contribution in [0.25, 0.3) is 16.5 Å². The molecule has 1 aromatic heterocycles. The van der Waals surface area contributed by atoms with E-state index in [4.69, 9.17) is 5.11 Å². The van der Waals surface area contributed by atoms with Gasteiger partial charge in [-0.3, -0.25) is 0 Å². The van der Waals surface area contributed by atoms with Crippen molar-refractivity contribution in [2.24, 2.45) is 0 Å². The number of carbonyl (C=O) groups is 1. The van der Waals surface area contributed by atoms with Gasteiger partial charge in [-0.05, 0) is 39.6 Å². The Kier molecular flexibility index (Phi) is 4.37. The molecule has 4 aromatic rings. The van der Waals surface area contributed by atoms with Crippen molar-refractivity contribution in [3.63, 3.8) is 0 Å². The molecule has 3 aromatic carbocycles. The number of benzene rings is 3. The first-order chi connectivity index (χ1) is 12.7. The summed E-state index contributed by atoms with van der Waals surface area (Å²) in [6.45, 7) is 0. The van der Waals surface area contributed by atoms with E-state index >= 15 is 0 Å². The molecule has 4 rings (SSSR count). The Hall–Kier alpha value is -3.19. The molecule has 0 amide bonds. The molecule has 7 heteroatoms. The van der Waals surface area contributed by atoms with E-state index < -0.39 is 5.97 Å². The molecule has 128 valence electrons. The zero-order valence-electron chi connectivity index (χ0n) is 13.6. The molecule has 26 heavy (non-hydrogen) atoms. The van der Waals surface area contributed by atoms with Crippen LogP contribution < -0.4 is 0 Å². The molecule has 0 unspecified atom stereocenters. The summed E-state index contributed by atoms with van der Waals surface area (Å²) in [6, 6.07) is 21.0. The maximum absolute atomic E-state index is 10.9. The molecule has 0 spiro atoms. The minimum atomic E-state index is -0.927. The second-order valence-corrected chi connectivity index (χ2v) is 6.60. The first-order valence-electron chi connectivity index (χ1n) is 7.94. The summed E-state index contributed by atoms with van der Waals surface area (Å²) in [7, 11) is 0. The monoisotopic (exact) mass is 362 g/mol. The summed E-state index contributed by atoms with van der Waals surface area (Å²) in [4.78, 5) is 10.9. The van der Waals surface area contributed by atoms with E-state index in [1.807, 2.05) is 42.5 Å². The number of aromatic nitrogens is 4. The van der Waals surface area contributed by atoms with Crippen molar-refractivity contribution in [3.05, 3.63) is 77.9 Å². The number of hydrogen-bond acceptors (Lipinski definition) is 5. The van der Waals surface area contributed by atoms with Gasteiger partial charge in [-0.2, -0.15) is 4.68 Å². The molecule has 0 saturated heterocycles. The predicted octanol–water partition coefficient (Wildman–Crippen LogP) is 3.81. The first-order valence-corrected chi connectivity index (χ1v) is 8.92. The zero-order valence-corrected chi connectivity index (χ0v) is 14.4. The zero-order chi connectivity index (χ0) is 17.9. The lowest BCUT2D eigenvalue weighted by Crippen LogP contribution is -2.00. The molecule has 0 bridgehead atoms. The van der Waals surface area contributed by atoms with Crippen molar-refractivity contribution in [3.8, 4) is 5.69 Å². The highest BCUT2D eigenvalue weighted by molar-refractivity contribution is 7.98. The lowest BCUT2D eigenvalue weighted by Gasteiger charge is -2.08. The van der Waals surface area contributed by atoms with E-state index in [0.29, 0.717) is 10.9 Å². The summed E-state index contributed by atoms with van der Waals surface area (Å²) in [6.07, 6.45) is 0. The second-order valence-electron chi connectivity index (χ2n) is 5.66. The number of carboxylic acid groups (broad SMARTS) is 1. The predicted molar refractivity (Wildman–Crippen MR) is 99.6 cm³/mol. The van der Waals surface area contributed by atoms with E-state index in [2.05, 4.69) is 27.7 Å². The smallest absolute Gasteiger partial charge is 0.335 e. The Morgan fingerprint density at radius 1 is 1.00 bits per heavy atom. The highest BCUT2D eigenvalue weighted by Crippen LogP contribution is 2.27. The van der Waals surface area contributed by atoms with Crippen LogP contribution in [-0.2, 0) is 5.75 Å². The molecular weight excluding hydrogens is 348 g/mol. The van der Waals surface area contributed by atoms with Crippen molar-refractivity contribution in [2.75, 3.05) is 0 Å². The van der Waals surface area contributed by atoms with Crippen molar-refractivity contribution in [2.45, 2.75) is 10.9 Å². The average molecular weight is 362 g/mol. The fourth-order valence-corrected chi connectivity index (χ4v) is 3.54. The fourth-order valence-electron chi connectivity index (χ4n) is 2.70. The van der Waals surface area contributed by atoms with Gasteiger partial charge in [0.1, 0.15) is 0 Å². The van der Waals surface area contributed by atoms with Crippen LogP contribution in [0.1, 0.15) is 15.9 Å². The van der Waals surface area contributed by atoms with E-state index in [9.17, 15) is 4.79 Å². The van der Waals surface area contributed by atoms with Crippen LogP contribution in [-0.4, -0.2) is 31.3 Å². The van der Waals surface area contributed by atoms with Gasteiger partial charge < -0.3 is 5.11 Å². The standard InChI is InChI=1S/C19H14N4O2S/c24-18(25)15-10-8-13(9-11-15)12-26-19-20-21-22-23(19)17-7-3-5-14-4-1-2-6-16(14)17/h1-11H,12H2,(H,24,25). The Balaban J connectivity index is 1.60. The minimum Gasteiger partial charge on any atom is -0.478 e. The van der Waals surface area contributed by atoms with E-state index in [1.54, 1.807) is 16.8 Å². The van der Waals surface area contributed by atoms with Crippen LogP contribution in [0.5, 0.6) is 0 Å². The van der Waals surface area contributed by atoms with Crippen LogP contribution in [0.15, 0.2) is 71.9 Å². The molecule has 0 aliphatic rings. The molecule has 0 aliphatic carbocycles. The van der Waals surface area contributed by atoms with Crippen LogP contribution >= 0.6 is 11.8 Å². The Morgan fingerprint density at radius 2 is 1.77 bits per heavy atom. The molecule has 0 radical (unpaired) electrons. The second kappa shape index (κ2) is 6.97. The highest BCUT2D eigenvalue weighted by Gasteiger charge is 2.12. The van der Waals surface area contributed by atoms with E-state index in [-0.39, 0.29) is 5.56 Å². The van der Waals surface area contributed by atoms with Crippen molar-refractivity contribution >= 4 is 28.5 Å². The van der Waals surface area contributed by atoms with Gasteiger partial charge in [-0.1, -0.05) is 60.3 Å². The van der Waals surface area contributed by atoms with E-state index in [0.717, 1.165) is 22.0 Å². The molecule has 6 nitrogen and oxygen atoms in total. The Labute approximate surface area is 153 Å². The molecule has 1 N–H and O–H groups in total. The molecule has 0 aliphatic heterocycles. The number of hydrogen-bond donors (Lipinski definition) is 1. The van der Waals surface area contributed by atoms with Gasteiger partial charge in [0.15, 0.2) is 0 Å². The van der Waals surface area contributed by atoms with Crippen LogP contribution in [0.4, 0.5) is 0 Å². The van der Waals surface area contributed by atoms with Gasteiger partial charge in [-0.15, -0.1) is 5.10 Å². The van der Waals surface area contributed by atoms with Crippen molar-refractivity contribution in [1.29, 1.82) is 0 Å². The van der Waals surface area contributed by atoms with Crippen molar-refractivity contribution < 1.29 is 9.90 Å². The number of rotatable bonds is 5. The largest absolute Gasteiger partial charge is 0.478 e. The normalized spacial score (nSPS) is 10.9. The number of nitrogens with zero attached hydrogens (tertiary/aromatic N) is 4. The fraction of sp³-hybridized carbons (Fsp3) is 0.0526. The summed E-state index contributed by atoms with van der Waals surface area (Å²) in [5, 5.41) is 24.0. The lowest BCUT2D eigenvalue weighted by molar-refractivity contribution is 0.0697. The van der Waals surface area contributed by atoms with Gasteiger partial charge in [0.2, 0.25) is 5.16 Å². The van der Waals surface area contributed by atoms with Gasteiger partial charge in [-0.25, -0.2) is 4.79 Å². The summed E-state index contributed by atoms with van der Waals surface area (Å²) in [5.41, 5.74) is 2.21. The molecular formula is C19H14N4O2S. The lowest BCUT2D eigenvalue weighted by atomic mass is 10.1. The molecule has 0 fully saturated rings. The van der Waals surface area contributed by atoms with Gasteiger partial charge in [0.25, 0.3) is 0 Å². The maximum atomic E-state index is 10.9. The van der Waals surface area contributed by atoms with E-state index in [1.165, 1.54) is 11.8 Å². The molecule has 1 heterocycles. The maximum Gasteiger partial charge on any atom is 0.335 e. The van der Waals surface area contributed by atoms with Gasteiger partial charge >= 0.3 is 5.97 Å². The van der Waals surface area contributed by atoms with Crippen LogP contribution in [0.2, 0.25) is 0 Å². The third-order valence-corrected chi connectivity index (χ3v) is 4.99. The first kappa shape index (κ1) is 16.3. The molecule has 0 atom stereocenters. The number of thioether (sulfide) groups is 1. The van der Waals surface area contributed by atoms with Crippen LogP contribution in [0.3, 0.4) is 0 Å². The number of tetrazole rings is 1. The van der Waals surface area contributed by atoms with Crippen molar-refractivity contribution in [1.82, 2.24) is 20.2 Å². The summed E-state index contributed by atoms with van der Waals surface area (Å²) in [5.74, 6) is -0.283. The third kappa shape index (κ3) is 3.16. The van der Waals surface area contributed by atoms with Gasteiger partial charge in [0, 0.05) is 11.1 Å². The SMILES string of the molecule is O=C(O)c1ccc(CSc2nnnn2-c2cccc3ccccc23)cc1. The number of aromatic carboxylic acids is 1. The minimum absolute atomic E-state index is 0.277. The van der Waals surface area contributed by atoms with Gasteiger partial charge in [0.05, 0.1) is 11.3 Å². The highest BCUT2D eigenvalue weighted by atomic mass is 32.2. The Morgan fingerprint density at radius 3 is 2.58 bits per heavy atom. The molecule has 0 saturated carbocycles. The number of carboxylic acids is 1. The Bertz CT molecular complexity index is 1070. The third-order valence-electron chi connectivity index (χ3n) is 4.00. The number of fused-ring (bicyclic) bond motifs is 1. The topological polar surface area (TPSA) is 80.9 Å². The summed E-state index contributed by atoms with van der Waals surface area (Å²) >= 11 is 1.50.